The Morgan fingerprint density at radius 1 is 1.15 bits per heavy atom. The summed E-state index contributed by atoms with van der Waals surface area (Å²) >= 11 is 5.65. The number of anilines is 1. The Labute approximate surface area is 156 Å². The van der Waals surface area contributed by atoms with Crippen LogP contribution < -0.4 is 9.64 Å². The number of para-hydroxylation sites is 1. The Kier molecular flexibility index (Phi) is 3.30. The summed E-state index contributed by atoms with van der Waals surface area (Å²) in [5.41, 5.74) is 4.27. The standard InChI is InChI=1S/C20H17N3O2S/c1-25-13-8-6-12(7-9-13)23-19(24)18-10-15-14-4-2-3-5-16(14)21-17(15)11-22(18)20(23)26/h2-9,18,21H,10-11H2,1H3. The highest BCUT2D eigenvalue weighted by Gasteiger charge is 2.46. The number of rotatable bonds is 2. The molecule has 0 saturated carbocycles. The van der Waals surface area contributed by atoms with E-state index in [-0.39, 0.29) is 11.9 Å². The largest absolute Gasteiger partial charge is 0.497 e. The predicted molar refractivity (Wildman–Crippen MR) is 104 cm³/mol. The number of aromatic nitrogens is 1. The Morgan fingerprint density at radius 2 is 1.92 bits per heavy atom. The van der Waals surface area contributed by atoms with E-state index in [0.717, 1.165) is 22.6 Å². The van der Waals surface area contributed by atoms with Crippen molar-refractivity contribution in [3.8, 4) is 5.75 Å². The SMILES string of the molecule is COc1ccc(N2C(=O)C3Cc4c([nH]c5ccccc45)CN3C2=S)cc1. The third kappa shape index (κ3) is 2.08. The number of nitrogens with one attached hydrogen (secondary N) is 1. The van der Waals surface area contributed by atoms with Crippen molar-refractivity contribution in [3.63, 3.8) is 0 Å². The maximum absolute atomic E-state index is 13.1. The van der Waals surface area contributed by atoms with Gasteiger partial charge in [-0.2, -0.15) is 0 Å². The molecule has 5 rings (SSSR count). The van der Waals surface area contributed by atoms with Gasteiger partial charge < -0.3 is 14.6 Å². The second kappa shape index (κ2) is 5.57. The number of benzene rings is 2. The first-order valence-corrected chi connectivity index (χ1v) is 8.95. The molecular formula is C20H17N3O2S. The van der Waals surface area contributed by atoms with Gasteiger partial charge in [-0.3, -0.25) is 9.69 Å². The molecule has 6 heteroatoms. The van der Waals surface area contributed by atoms with Crippen molar-refractivity contribution in [3.05, 3.63) is 59.8 Å². The molecule has 3 aromatic rings. The number of ether oxygens (including phenoxy) is 1. The number of hydrogen-bond donors (Lipinski definition) is 1. The van der Waals surface area contributed by atoms with Crippen LogP contribution in [0, 0.1) is 0 Å². The maximum Gasteiger partial charge on any atom is 0.256 e. The van der Waals surface area contributed by atoms with Crippen LogP contribution in [0.5, 0.6) is 5.75 Å². The van der Waals surface area contributed by atoms with Crippen LogP contribution in [0.2, 0.25) is 0 Å². The minimum atomic E-state index is -0.240. The molecule has 26 heavy (non-hydrogen) atoms. The Morgan fingerprint density at radius 3 is 2.69 bits per heavy atom. The molecule has 3 heterocycles. The van der Waals surface area contributed by atoms with Gasteiger partial charge >= 0.3 is 0 Å². The quantitative estimate of drug-likeness (QED) is 0.710. The summed E-state index contributed by atoms with van der Waals surface area (Å²) in [6.07, 6.45) is 0.672. The van der Waals surface area contributed by atoms with Gasteiger partial charge in [0.2, 0.25) is 0 Å². The van der Waals surface area contributed by atoms with E-state index in [0.29, 0.717) is 18.1 Å². The minimum absolute atomic E-state index is 0.0381. The number of aromatic amines is 1. The molecule has 2 aliphatic heterocycles. The summed E-state index contributed by atoms with van der Waals surface area (Å²) in [6, 6.07) is 15.4. The van der Waals surface area contributed by atoms with E-state index >= 15 is 0 Å². The van der Waals surface area contributed by atoms with Crippen LogP contribution in [0.25, 0.3) is 10.9 Å². The summed E-state index contributed by atoms with van der Waals surface area (Å²) < 4.78 is 5.20. The molecule has 1 amide bonds. The highest BCUT2D eigenvalue weighted by atomic mass is 32.1. The molecule has 0 bridgehead atoms. The Hall–Kier alpha value is -2.86. The second-order valence-corrected chi connectivity index (χ2v) is 6.99. The highest BCUT2D eigenvalue weighted by molar-refractivity contribution is 7.80. The van der Waals surface area contributed by atoms with Crippen molar-refractivity contribution < 1.29 is 9.53 Å². The van der Waals surface area contributed by atoms with Gasteiger partial charge in [0.1, 0.15) is 11.8 Å². The molecule has 0 spiro atoms. The van der Waals surface area contributed by atoms with E-state index in [1.807, 2.05) is 41.3 Å². The van der Waals surface area contributed by atoms with Gasteiger partial charge in [0.05, 0.1) is 19.3 Å². The number of carbonyl (C=O) groups is 1. The van der Waals surface area contributed by atoms with Crippen LogP contribution in [0.3, 0.4) is 0 Å². The van der Waals surface area contributed by atoms with Gasteiger partial charge in [-0.25, -0.2) is 0 Å². The number of fused-ring (bicyclic) bond motifs is 4. The molecule has 5 nitrogen and oxygen atoms in total. The van der Waals surface area contributed by atoms with Crippen molar-refractivity contribution >= 4 is 39.8 Å². The molecule has 2 aromatic carbocycles. The Bertz CT molecular complexity index is 1040. The molecule has 1 fully saturated rings. The minimum Gasteiger partial charge on any atom is -0.497 e. The fraction of sp³-hybridized carbons (Fsp3) is 0.200. The molecule has 130 valence electrons. The Balaban J connectivity index is 1.52. The lowest BCUT2D eigenvalue weighted by atomic mass is 9.97. The lowest BCUT2D eigenvalue weighted by Crippen LogP contribution is -2.39. The second-order valence-electron chi connectivity index (χ2n) is 6.63. The molecule has 1 aromatic heterocycles. The van der Waals surface area contributed by atoms with E-state index < -0.39 is 0 Å². The van der Waals surface area contributed by atoms with Gasteiger partial charge in [0.15, 0.2) is 5.11 Å². The first kappa shape index (κ1) is 15.4. The number of carbonyl (C=O) groups excluding carboxylic acids is 1. The van der Waals surface area contributed by atoms with Gasteiger partial charge in [-0.05, 0) is 48.1 Å². The molecule has 0 radical (unpaired) electrons. The van der Waals surface area contributed by atoms with Crippen LogP contribution in [-0.4, -0.2) is 34.1 Å². The van der Waals surface area contributed by atoms with E-state index in [9.17, 15) is 4.79 Å². The molecule has 0 aliphatic carbocycles. The number of H-pyrrole nitrogens is 1. The van der Waals surface area contributed by atoms with Crippen LogP contribution in [0.15, 0.2) is 48.5 Å². The molecule has 1 unspecified atom stereocenters. The monoisotopic (exact) mass is 363 g/mol. The molecule has 1 atom stereocenters. The van der Waals surface area contributed by atoms with Gasteiger partial charge in [0, 0.05) is 23.0 Å². The lowest BCUT2D eigenvalue weighted by Gasteiger charge is -2.28. The summed E-state index contributed by atoms with van der Waals surface area (Å²) in [4.78, 5) is 20.3. The van der Waals surface area contributed by atoms with E-state index in [1.54, 1.807) is 12.0 Å². The summed E-state index contributed by atoms with van der Waals surface area (Å²) in [5.74, 6) is 0.793. The first-order chi connectivity index (χ1) is 12.7. The lowest BCUT2D eigenvalue weighted by molar-refractivity contribution is -0.119. The smallest absolute Gasteiger partial charge is 0.256 e. The fourth-order valence-corrected chi connectivity index (χ4v) is 4.36. The van der Waals surface area contributed by atoms with E-state index in [1.165, 1.54) is 10.9 Å². The van der Waals surface area contributed by atoms with Crippen molar-refractivity contribution in [1.29, 1.82) is 0 Å². The maximum atomic E-state index is 13.1. The summed E-state index contributed by atoms with van der Waals surface area (Å²) in [5, 5.41) is 1.76. The predicted octanol–water partition coefficient (Wildman–Crippen LogP) is 3.23. The zero-order valence-electron chi connectivity index (χ0n) is 14.2. The number of amides is 1. The van der Waals surface area contributed by atoms with Crippen LogP contribution in [-0.2, 0) is 17.8 Å². The average Bonchev–Trinajstić information content (AvgIpc) is 3.15. The van der Waals surface area contributed by atoms with E-state index in [2.05, 4.69) is 17.1 Å². The highest BCUT2D eigenvalue weighted by Crippen LogP contribution is 2.36. The number of methoxy groups -OCH3 is 1. The van der Waals surface area contributed by atoms with Crippen molar-refractivity contribution in [1.82, 2.24) is 9.88 Å². The van der Waals surface area contributed by atoms with Crippen LogP contribution in [0.1, 0.15) is 11.3 Å². The fourth-order valence-electron chi connectivity index (χ4n) is 3.97. The van der Waals surface area contributed by atoms with Crippen LogP contribution >= 0.6 is 12.2 Å². The molecule has 1 saturated heterocycles. The van der Waals surface area contributed by atoms with Gasteiger partial charge in [-0.15, -0.1) is 0 Å². The molecule has 2 aliphatic rings. The average molecular weight is 363 g/mol. The van der Waals surface area contributed by atoms with Crippen molar-refractivity contribution in [2.24, 2.45) is 0 Å². The summed E-state index contributed by atoms with van der Waals surface area (Å²) in [7, 11) is 1.62. The van der Waals surface area contributed by atoms with Gasteiger partial charge in [0.25, 0.3) is 5.91 Å². The molecule has 1 N–H and O–H groups in total. The third-order valence-electron chi connectivity index (χ3n) is 5.28. The zero-order chi connectivity index (χ0) is 17.8. The van der Waals surface area contributed by atoms with Crippen molar-refractivity contribution in [2.45, 2.75) is 19.0 Å². The molecular weight excluding hydrogens is 346 g/mol. The number of hydrogen-bond acceptors (Lipinski definition) is 3. The van der Waals surface area contributed by atoms with E-state index in [4.69, 9.17) is 17.0 Å². The topological polar surface area (TPSA) is 48.6 Å². The first-order valence-electron chi connectivity index (χ1n) is 8.54. The number of nitrogens with zero attached hydrogens (tertiary/aromatic N) is 2. The van der Waals surface area contributed by atoms with Gasteiger partial charge in [-0.1, -0.05) is 18.2 Å². The normalized spacial score (nSPS) is 19.0. The zero-order valence-corrected chi connectivity index (χ0v) is 15.0. The number of thiocarbonyl (C=S) groups is 1. The van der Waals surface area contributed by atoms with Crippen molar-refractivity contribution in [2.75, 3.05) is 12.0 Å². The summed E-state index contributed by atoms with van der Waals surface area (Å²) in [6.45, 7) is 0.631. The van der Waals surface area contributed by atoms with Crippen LogP contribution in [0.4, 0.5) is 5.69 Å². The third-order valence-corrected chi connectivity index (χ3v) is 5.69.